The molecule has 0 aliphatic carbocycles. The van der Waals surface area contributed by atoms with Gasteiger partial charge in [0.15, 0.2) is 0 Å². The number of halogens is 8. The van der Waals surface area contributed by atoms with Gasteiger partial charge in [-0.15, -0.1) is 13.2 Å². The van der Waals surface area contributed by atoms with Crippen molar-refractivity contribution in [3.8, 4) is 5.88 Å². The zero-order valence-electron chi connectivity index (χ0n) is 7.46. The molecule has 1 aromatic rings. The molecule has 0 unspecified atom stereocenters. The molecule has 10 heteroatoms. The smallest absolute Gasteiger partial charge is 0.386 e. The standard InChI is InChI=1S/C7HCl2F6NO/c8-2-1-3(6(10,11)12)16-5(4(2)9)17-7(13,14)15/h1H. The highest BCUT2D eigenvalue weighted by Crippen LogP contribution is 2.38. The van der Waals surface area contributed by atoms with E-state index in [-0.39, 0.29) is 0 Å². The van der Waals surface area contributed by atoms with E-state index in [4.69, 9.17) is 23.2 Å². The van der Waals surface area contributed by atoms with Crippen LogP contribution in [0.3, 0.4) is 0 Å². The lowest BCUT2D eigenvalue weighted by molar-refractivity contribution is -0.276. The zero-order chi connectivity index (χ0) is 13.4. The number of alkyl halides is 6. The van der Waals surface area contributed by atoms with E-state index < -0.39 is 34.2 Å². The summed E-state index contributed by atoms with van der Waals surface area (Å²) in [7, 11) is 0. The van der Waals surface area contributed by atoms with Crippen molar-refractivity contribution in [2.45, 2.75) is 12.5 Å². The number of hydrogen-bond acceptors (Lipinski definition) is 2. The Kier molecular flexibility index (Phi) is 3.68. The maximum atomic E-state index is 12.2. The van der Waals surface area contributed by atoms with E-state index in [1.807, 2.05) is 0 Å². The number of rotatable bonds is 1. The van der Waals surface area contributed by atoms with Crippen LogP contribution in [0, 0.1) is 0 Å². The van der Waals surface area contributed by atoms with Gasteiger partial charge < -0.3 is 4.74 Å². The zero-order valence-corrected chi connectivity index (χ0v) is 8.97. The Morgan fingerprint density at radius 2 is 1.59 bits per heavy atom. The molecule has 17 heavy (non-hydrogen) atoms. The minimum absolute atomic E-state index is 0.299. The predicted molar refractivity (Wildman–Crippen MR) is 45.9 cm³/mol. The van der Waals surface area contributed by atoms with Crippen LogP contribution in [0.25, 0.3) is 0 Å². The lowest BCUT2D eigenvalue weighted by atomic mass is 10.3. The number of pyridine rings is 1. The Bertz CT molecular complexity index is 430. The summed E-state index contributed by atoms with van der Waals surface area (Å²) in [5, 5.41) is -1.59. The highest BCUT2D eigenvalue weighted by atomic mass is 35.5. The van der Waals surface area contributed by atoms with Crippen LogP contribution in [0.1, 0.15) is 5.69 Å². The Labute approximate surface area is 100 Å². The minimum Gasteiger partial charge on any atom is -0.386 e. The highest BCUT2D eigenvalue weighted by molar-refractivity contribution is 6.42. The Morgan fingerprint density at radius 1 is 1.06 bits per heavy atom. The van der Waals surface area contributed by atoms with Crippen molar-refractivity contribution in [3.63, 3.8) is 0 Å². The van der Waals surface area contributed by atoms with Gasteiger partial charge in [-0.1, -0.05) is 23.2 Å². The Morgan fingerprint density at radius 3 is 2.00 bits per heavy atom. The maximum absolute atomic E-state index is 12.2. The van der Waals surface area contributed by atoms with Crippen molar-refractivity contribution < 1.29 is 31.1 Å². The number of nitrogens with zero attached hydrogens (tertiary/aromatic N) is 1. The fraction of sp³-hybridized carbons (Fsp3) is 0.286. The van der Waals surface area contributed by atoms with Crippen molar-refractivity contribution in [1.29, 1.82) is 0 Å². The van der Waals surface area contributed by atoms with Crippen LogP contribution < -0.4 is 4.74 Å². The SMILES string of the molecule is FC(F)(F)Oc1nc(C(F)(F)F)cc(Cl)c1Cl. The van der Waals surface area contributed by atoms with Crippen LogP contribution in [-0.4, -0.2) is 11.3 Å². The molecular weight excluding hydrogens is 299 g/mol. The third-order valence-corrected chi connectivity index (χ3v) is 2.15. The van der Waals surface area contributed by atoms with E-state index in [1.54, 1.807) is 0 Å². The molecule has 1 aromatic heterocycles. The van der Waals surface area contributed by atoms with Crippen LogP contribution in [-0.2, 0) is 6.18 Å². The summed E-state index contributed by atoms with van der Waals surface area (Å²) in [4.78, 5) is 2.61. The number of hydrogen-bond donors (Lipinski definition) is 0. The first-order chi connectivity index (χ1) is 7.50. The first-order valence-corrected chi connectivity index (χ1v) is 4.45. The van der Waals surface area contributed by atoms with Crippen LogP contribution in [0.15, 0.2) is 6.07 Å². The molecule has 0 spiro atoms. The monoisotopic (exact) mass is 299 g/mol. The first kappa shape index (κ1) is 14.2. The quantitative estimate of drug-likeness (QED) is 0.721. The van der Waals surface area contributed by atoms with E-state index in [1.165, 1.54) is 0 Å². The summed E-state index contributed by atoms with van der Waals surface area (Å²) in [5.41, 5.74) is -1.63. The predicted octanol–water partition coefficient (Wildman–Crippen LogP) is 4.31. The van der Waals surface area contributed by atoms with Crippen LogP contribution in [0.5, 0.6) is 5.88 Å². The summed E-state index contributed by atoms with van der Waals surface area (Å²) in [6.45, 7) is 0. The fourth-order valence-corrected chi connectivity index (χ4v) is 1.12. The van der Waals surface area contributed by atoms with Gasteiger partial charge in [-0.2, -0.15) is 13.2 Å². The molecule has 2 nitrogen and oxygen atoms in total. The molecule has 0 aromatic carbocycles. The van der Waals surface area contributed by atoms with Crippen LogP contribution >= 0.6 is 23.2 Å². The molecule has 1 rings (SSSR count). The van der Waals surface area contributed by atoms with Gasteiger partial charge in [0.05, 0.1) is 5.02 Å². The molecule has 0 aliphatic heterocycles. The molecule has 0 N–H and O–H groups in total. The molecule has 0 fully saturated rings. The summed E-state index contributed by atoms with van der Waals surface area (Å²) in [6.07, 6.45) is -10.2. The van der Waals surface area contributed by atoms with Gasteiger partial charge in [-0.3, -0.25) is 0 Å². The van der Waals surface area contributed by atoms with Gasteiger partial charge in [0.1, 0.15) is 10.7 Å². The normalized spacial score (nSPS) is 12.7. The van der Waals surface area contributed by atoms with Gasteiger partial charge >= 0.3 is 12.5 Å². The molecule has 0 saturated carbocycles. The summed E-state index contributed by atoms with van der Waals surface area (Å²) >= 11 is 10.5. The molecule has 96 valence electrons. The number of aromatic nitrogens is 1. The second-order valence-corrected chi connectivity index (χ2v) is 3.44. The van der Waals surface area contributed by atoms with Crippen molar-refractivity contribution >= 4 is 23.2 Å². The summed E-state index contributed by atoms with van der Waals surface area (Å²) in [6, 6.07) is 0.299. The third kappa shape index (κ3) is 3.81. The summed E-state index contributed by atoms with van der Waals surface area (Å²) in [5.74, 6) is -1.45. The van der Waals surface area contributed by atoms with Crippen molar-refractivity contribution in [2.75, 3.05) is 0 Å². The van der Waals surface area contributed by atoms with E-state index in [0.717, 1.165) is 0 Å². The van der Waals surface area contributed by atoms with Crippen molar-refractivity contribution in [3.05, 3.63) is 21.8 Å². The van der Waals surface area contributed by atoms with Crippen LogP contribution in [0.2, 0.25) is 10.0 Å². The third-order valence-electron chi connectivity index (χ3n) is 1.39. The van der Waals surface area contributed by atoms with E-state index in [9.17, 15) is 26.3 Å². The molecule has 0 saturated heterocycles. The Hall–Kier alpha value is -0.890. The molecular formula is C7HCl2F6NO. The molecule has 0 radical (unpaired) electrons. The van der Waals surface area contributed by atoms with E-state index >= 15 is 0 Å². The molecule has 0 bridgehead atoms. The topological polar surface area (TPSA) is 22.1 Å². The molecule has 0 amide bonds. The molecule has 1 heterocycles. The van der Waals surface area contributed by atoms with Gasteiger partial charge in [-0.25, -0.2) is 4.98 Å². The lowest BCUT2D eigenvalue weighted by Crippen LogP contribution is -2.19. The largest absolute Gasteiger partial charge is 0.574 e. The highest BCUT2D eigenvalue weighted by Gasteiger charge is 2.37. The van der Waals surface area contributed by atoms with E-state index in [2.05, 4.69) is 9.72 Å². The van der Waals surface area contributed by atoms with Gasteiger partial charge in [-0.05, 0) is 6.07 Å². The average Bonchev–Trinajstić information content (AvgIpc) is 2.08. The summed E-state index contributed by atoms with van der Waals surface area (Å²) < 4.78 is 75.4. The van der Waals surface area contributed by atoms with Crippen molar-refractivity contribution in [1.82, 2.24) is 4.98 Å². The lowest BCUT2D eigenvalue weighted by Gasteiger charge is -2.13. The molecule has 0 atom stereocenters. The molecule has 0 aliphatic rings. The van der Waals surface area contributed by atoms with Gasteiger partial charge in [0.2, 0.25) is 5.88 Å². The van der Waals surface area contributed by atoms with Gasteiger partial charge in [0, 0.05) is 0 Å². The first-order valence-electron chi connectivity index (χ1n) is 3.69. The fourth-order valence-electron chi connectivity index (χ4n) is 0.799. The minimum atomic E-state index is -5.22. The van der Waals surface area contributed by atoms with Gasteiger partial charge in [0.25, 0.3) is 0 Å². The second kappa shape index (κ2) is 4.41. The van der Waals surface area contributed by atoms with Crippen LogP contribution in [0.4, 0.5) is 26.3 Å². The maximum Gasteiger partial charge on any atom is 0.574 e. The average molecular weight is 300 g/mol. The van der Waals surface area contributed by atoms with E-state index in [0.29, 0.717) is 6.07 Å². The number of ether oxygens (including phenoxy) is 1. The Balaban J connectivity index is 3.26. The van der Waals surface area contributed by atoms with Crippen molar-refractivity contribution in [2.24, 2.45) is 0 Å². The second-order valence-electron chi connectivity index (χ2n) is 2.65.